The van der Waals surface area contributed by atoms with Gasteiger partial charge >= 0.3 is 0 Å². The van der Waals surface area contributed by atoms with Gasteiger partial charge in [-0.25, -0.2) is 4.39 Å². The molecule has 0 radical (unpaired) electrons. The van der Waals surface area contributed by atoms with E-state index < -0.39 is 17.9 Å². The van der Waals surface area contributed by atoms with Crippen LogP contribution in [0.25, 0.3) is 0 Å². The van der Waals surface area contributed by atoms with E-state index in [1.165, 1.54) is 17.0 Å². The molecule has 102 valence electrons. The molecule has 1 N–H and O–H groups in total. The molecule has 0 aliphatic carbocycles. The molecule has 1 aromatic rings. The molecule has 0 bridgehead atoms. The Hall–Kier alpha value is -1.62. The van der Waals surface area contributed by atoms with Gasteiger partial charge in [-0.15, -0.1) is 0 Å². The Morgan fingerprint density at radius 1 is 1.37 bits per heavy atom. The van der Waals surface area contributed by atoms with Gasteiger partial charge in [0.1, 0.15) is 17.9 Å². The van der Waals surface area contributed by atoms with Crippen LogP contribution in [0.5, 0.6) is 0 Å². The number of rotatable bonds is 2. The van der Waals surface area contributed by atoms with Crippen molar-refractivity contribution in [3.8, 4) is 0 Å². The third-order valence-electron chi connectivity index (χ3n) is 3.25. The molecule has 1 aliphatic heterocycles. The van der Waals surface area contributed by atoms with Crippen molar-refractivity contribution in [1.82, 2.24) is 10.2 Å². The van der Waals surface area contributed by atoms with Gasteiger partial charge in [0, 0.05) is 10.6 Å². The number of benzene rings is 1. The first-order valence-electron chi connectivity index (χ1n) is 5.95. The third-order valence-corrected chi connectivity index (χ3v) is 3.60. The van der Waals surface area contributed by atoms with Crippen LogP contribution in [0.1, 0.15) is 19.4 Å². The lowest BCUT2D eigenvalue weighted by Gasteiger charge is -2.36. The Bertz CT molecular complexity index is 515. The number of nitrogens with one attached hydrogen (secondary N) is 1. The maximum absolute atomic E-state index is 13.7. The van der Waals surface area contributed by atoms with Gasteiger partial charge in [-0.05, 0) is 26.0 Å². The highest BCUT2D eigenvalue weighted by Gasteiger charge is 2.36. The number of amides is 2. The first-order chi connectivity index (χ1) is 8.91. The molecule has 1 aliphatic rings. The van der Waals surface area contributed by atoms with Crippen molar-refractivity contribution >= 4 is 23.4 Å². The molecule has 1 fully saturated rings. The Labute approximate surface area is 115 Å². The van der Waals surface area contributed by atoms with Gasteiger partial charge in [0.2, 0.25) is 11.8 Å². The summed E-state index contributed by atoms with van der Waals surface area (Å²) < 4.78 is 13.7. The molecule has 0 spiro atoms. The van der Waals surface area contributed by atoms with Crippen LogP contribution in [0.3, 0.4) is 0 Å². The van der Waals surface area contributed by atoms with Crippen molar-refractivity contribution in [3.05, 3.63) is 34.6 Å². The second-order valence-electron chi connectivity index (χ2n) is 4.57. The molecule has 2 unspecified atom stereocenters. The van der Waals surface area contributed by atoms with Crippen molar-refractivity contribution in [1.29, 1.82) is 0 Å². The van der Waals surface area contributed by atoms with Crippen LogP contribution in [-0.2, 0) is 16.1 Å². The first-order valence-corrected chi connectivity index (χ1v) is 6.33. The normalized spacial score (nSPS) is 23.5. The van der Waals surface area contributed by atoms with Crippen LogP contribution in [0.15, 0.2) is 18.2 Å². The lowest BCUT2D eigenvalue weighted by atomic mass is 10.1. The monoisotopic (exact) mass is 284 g/mol. The molecule has 1 heterocycles. The van der Waals surface area contributed by atoms with E-state index >= 15 is 0 Å². The lowest BCUT2D eigenvalue weighted by Crippen LogP contribution is -2.61. The summed E-state index contributed by atoms with van der Waals surface area (Å²) in [6.07, 6.45) is 0. The zero-order valence-corrected chi connectivity index (χ0v) is 11.4. The topological polar surface area (TPSA) is 49.4 Å². The second kappa shape index (κ2) is 5.17. The Morgan fingerprint density at radius 3 is 2.68 bits per heavy atom. The molecular weight excluding hydrogens is 271 g/mol. The zero-order chi connectivity index (χ0) is 14.2. The molecule has 4 nitrogen and oxygen atoms in total. The summed E-state index contributed by atoms with van der Waals surface area (Å²) in [5.74, 6) is -0.975. The number of hydrogen-bond acceptors (Lipinski definition) is 2. The minimum atomic E-state index is -0.639. The largest absolute Gasteiger partial charge is 0.343 e. The summed E-state index contributed by atoms with van der Waals surface area (Å²) in [6, 6.07) is 3.10. The van der Waals surface area contributed by atoms with E-state index in [0.717, 1.165) is 0 Å². The van der Waals surface area contributed by atoms with E-state index in [-0.39, 0.29) is 28.9 Å². The van der Waals surface area contributed by atoms with Crippen LogP contribution in [-0.4, -0.2) is 28.8 Å². The van der Waals surface area contributed by atoms with E-state index in [1.54, 1.807) is 19.9 Å². The van der Waals surface area contributed by atoms with Gasteiger partial charge in [0.05, 0.1) is 6.54 Å². The fraction of sp³-hybridized carbons (Fsp3) is 0.385. The summed E-state index contributed by atoms with van der Waals surface area (Å²) in [6.45, 7) is 3.19. The molecule has 2 rings (SSSR count). The molecule has 2 atom stereocenters. The van der Waals surface area contributed by atoms with Gasteiger partial charge in [-0.3, -0.25) is 9.59 Å². The quantitative estimate of drug-likeness (QED) is 0.899. The van der Waals surface area contributed by atoms with Gasteiger partial charge in [0.25, 0.3) is 0 Å². The number of carbonyl (C=O) groups excluding carboxylic acids is 2. The smallest absolute Gasteiger partial charge is 0.245 e. The molecule has 19 heavy (non-hydrogen) atoms. The van der Waals surface area contributed by atoms with Gasteiger partial charge in [-0.2, -0.15) is 0 Å². The third kappa shape index (κ3) is 2.56. The van der Waals surface area contributed by atoms with Crippen LogP contribution in [0.4, 0.5) is 4.39 Å². The summed E-state index contributed by atoms with van der Waals surface area (Å²) in [5, 5.41) is 2.82. The van der Waals surface area contributed by atoms with Gasteiger partial charge in [-0.1, -0.05) is 17.7 Å². The first kappa shape index (κ1) is 13.8. The zero-order valence-electron chi connectivity index (χ0n) is 10.6. The highest BCUT2D eigenvalue weighted by molar-refractivity contribution is 6.31. The molecule has 1 saturated heterocycles. The predicted molar refractivity (Wildman–Crippen MR) is 69.0 cm³/mol. The van der Waals surface area contributed by atoms with E-state index in [0.29, 0.717) is 0 Å². The number of carbonyl (C=O) groups is 2. The van der Waals surface area contributed by atoms with Crippen molar-refractivity contribution in [2.45, 2.75) is 32.5 Å². The van der Waals surface area contributed by atoms with E-state index in [1.807, 2.05) is 0 Å². The summed E-state index contributed by atoms with van der Waals surface area (Å²) in [5.41, 5.74) is 0.228. The maximum atomic E-state index is 13.7. The maximum Gasteiger partial charge on any atom is 0.245 e. The average Bonchev–Trinajstić information content (AvgIpc) is 2.35. The predicted octanol–water partition coefficient (Wildman–Crippen LogP) is 1.71. The van der Waals surface area contributed by atoms with Crippen molar-refractivity contribution in [2.75, 3.05) is 0 Å². The fourth-order valence-electron chi connectivity index (χ4n) is 2.05. The number of piperazine rings is 1. The van der Waals surface area contributed by atoms with Crippen LogP contribution < -0.4 is 5.32 Å². The minimum absolute atomic E-state index is 0.0106. The molecular formula is C13H14ClFN2O2. The standard InChI is InChI=1S/C13H14ClFN2O2/c1-7-13(19)17(8(2)12(18)16-7)6-9-10(14)4-3-5-11(9)15/h3-5,7-8H,6H2,1-2H3,(H,16,18). The second-order valence-corrected chi connectivity index (χ2v) is 4.98. The van der Waals surface area contributed by atoms with Crippen LogP contribution >= 0.6 is 11.6 Å². The molecule has 1 aromatic carbocycles. The number of hydrogen-bond donors (Lipinski definition) is 1. The van der Waals surface area contributed by atoms with Crippen LogP contribution in [0.2, 0.25) is 5.02 Å². The minimum Gasteiger partial charge on any atom is -0.343 e. The van der Waals surface area contributed by atoms with Crippen LogP contribution in [0, 0.1) is 5.82 Å². The Morgan fingerprint density at radius 2 is 2.05 bits per heavy atom. The van der Waals surface area contributed by atoms with E-state index in [9.17, 15) is 14.0 Å². The fourth-order valence-corrected chi connectivity index (χ4v) is 2.27. The van der Waals surface area contributed by atoms with E-state index in [2.05, 4.69) is 5.32 Å². The summed E-state index contributed by atoms with van der Waals surface area (Å²) >= 11 is 5.94. The summed E-state index contributed by atoms with van der Waals surface area (Å²) in [4.78, 5) is 25.1. The molecule has 0 aromatic heterocycles. The average molecular weight is 285 g/mol. The number of nitrogens with zero attached hydrogens (tertiary/aromatic N) is 1. The number of halogens is 2. The Kier molecular flexibility index (Phi) is 3.75. The molecule has 2 amide bonds. The van der Waals surface area contributed by atoms with Crippen molar-refractivity contribution < 1.29 is 14.0 Å². The van der Waals surface area contributed by atoms with E-state index in [4.69, 9.17) is 11.6 Å². The van der Waals surface area contributed by atoms with Crippen molar-refractivity contribution in [3.63, 3.8) is 0 Å². The lowest BCUT2D eigenvalue weighted by molar-refractivity contribution is -0.148. The Balaban J connectivity index is 2.30. The van der Waals surface area contributed by atoms with Gasteiger partial charge < -0.3 is 10.2 Å². The van der Waals surface area contributed by atoms with Gasteiger partial charge in [0.15, 0.2) is 0 Å². The molecule has 6 heteroatoms. The SMILES string of the molecule is CC1NC(=O)C(C)N(Cc2c(F)cccc2Cl)C1=O. The van der Waals surface area contributed by atoms with Crippen molar-refractivity contribution in [2.24, 2.45) is 0 Å². The highest BCUT2D eigenvalue weighted by Crippen LogP contribution is 2.23. The highest BCUT2D eigenvalue weighted by atomic mass is 35.5. The molecule has 0 saturated carbocycles. The summed E-state index contributed by atoms with van der Waals surface area (Å²) in [7, 11) is 0.